The maximum absolute atomic E-state index is 13.4. The molecule has 0 fully saturated rings. The lowest BCUT2D eigenvalue weighted by atomic mass is 10.1. The monoisotopic (exact) mass is 309 g/mol. The Morgan fingerprint density at radius 2 is 2.11 bits per heavy atom. The summed E-state index contributed by atoms with van der Waals surface area (Å²) in [5, 5.41) is 12.3. The molecule has 0 heterocycles. The lowest BCUT2D eigenvalue weighted by Gasteiger charge is -2.17. The lowest BCUT2D eigenvalue weighted by molar-refractivity contribution is 0.0904. The zero-order valence-electron chi connectivity index (χ0n) is 10.8. The van der Waals surface area contributed by atoms with E-state index in [-0.39, 0.29) is 17.7 Å². The normalized spacial score (nSPS) is 12.7. The molecule has 0 aliphatic carbocycles. The number of nitrogens with one attached hydrogen (secondary N) is 1. The number of aliphatic hydroxyl groups excluding tert-OH is 1. The quantitative estimate of drug-likeness (QED) is 0.572. The Bertz CT molecular complexity index is 404. The van der Waals surface area contributed by atoms with Crippen molar-refractivity contribution < 1.29 is 14.2 Å². The molecule has 1 rings (SSSR count). The smallest absolute Gasteiger partial charge is 0.142 e. The zero-order valence-corrected chi connectivity index (χ0v) is 12.3. The minimum atomic E-state index is -0.471. The highest BCUT2D eigenvalue weighted by Crippen LogP contribution is 2.32. The van der Waals surface area contributed by atoms with Crippen molar-refractivity contribution in [1.29, 1.82) is 0 Å². The van der Waals surface area contributed by atoms with Crippen LogP contribution in [0.15, 0.2) is 12.1 Å². The molecule has 2 N–H and O–H groups in total. The topological polar surface area (TPSA) is 41.5 Å². The SMILES string of the molecule is CC(NCCCOCCO)c1c(Cl)ccc(F)c1Cl. The van der Waals surface area contributed by atoms with Crippen molar-refractivity contribution in [2.24, 2.45) is 0 Å². The van der Waals surface area contributed by atoms with Gasteiger partial charge >= 0.3 is 0 Å². The molecule has 3 nitrogen and oxygen atoms in total. The molecule has 6 heteroatoms. The Kier molecular flexibility index (Phi) is 7.64. The predicted molar refractivity (Wildman–Crippen MR) is 75.4 cm³/mol. The van der Waals surface area contributed by atoms with Crippen LogP contribution in [0.5, 0.6) is 0 Å². The van der Waals surface area contributed by atoms with Crippen molar-refractivity contribution in [3.05, 3.63) is 33.6 Å². The van der Waals surface area contributed by atoms with Crippen LogP contribution in [0, 0.1) is 5.82 Å². The largest absolute Gasteiger partial charge is 0.394 e. The number of aliphatic hydroxyl groups is 1. The molecule has 108 valence electrons. The molecule has 1 aromatic rings. The van der Waals surface area contributed by atoms with Crippen LogP contribution >= 0.6 is 23.2 Å². The van der Waals surface area contributed by atoms with E-state index >= 15 is 0 Å². The van der Waals surface area contributed by atoms with E-state index in [9.17, 15) is 4.39 Å². The van der Waals surface area contributed by atoms with Crippen LogP contribution < -0.4 is 5.32 Å². The first-order valence-electron chi connectivity index (χ1n) is 6.13. The molecule has 0 amide bonds. The molecular formula is C13H18Cl2FNO2. The number of hydrogen-bond acceptors (Lipinski definition) is 3. The fourth-order valence-corrected chi connectivity index (χ4v) is 2.40. The Labute approximate surface area is 122 Å². The van der Waals surface area contributed by atoms with Gasteiger partial charge in [0.25, 0.3) is 0 Å². The third-order valence-electron chi connectivity index (χ3n) is 2.66. The number of halogens is 3. The molecule has 0 bridgehead atoms. The van der Waals surface area contributed by atoms with E-state index in [1.807, 2.05) is 6.92 Å². The molecule has 0 radical (unpaired) electrons. The second kappa shape index (κ2) is 8.72. The molecule has 0 aliphatic rings. The summed E-state index contributed by atoms with van der Waals surface area (Å²) < 4.78 is 18.5. The molecule has 19 heavy (non-hydrogen) atoms. The summed E-state index contributed by atoms with van der Waals surface area (Å²) in [7, 11) is 0. The first-order chi connectivity index (χ1) is 9.07. The fraction of sp³-hybridized carbons (Fsp3) is 0.538. The number of hydrogen-bond donors (Lipinski definition) is 2. The molecule has 0 saturated heterocycles. The summed E-state index contributed by atoms with van der Waals surface area (Å²) in [5.74, 6) is -0.471. The Balaban J connectivity index is 2.45. The number of rotatable bonds is 8. The molecule has 0 aromatic heterocycles. The predicted octanol–water partition coefficient (Wildman–Crippen LogP) is 3.18. The van der Waals surface area contributed by atoms with Crippen molar-refractivity contribution in [3.63, 3.8) is 0 Å². The summed E-state index contributed by atoms with van der Waals surface area (Å²) in [4.78, 5) is 0. The van der Waals surface area contributed by atoms with Gasteiger partial charge in [0.1, 0.15) is 5.82 Å². The van der Waals surface area contributed by atoms with Crippen LogP contribution in [0.3, 0.4) is 0 Å². The van der Waals surface area contributed by atoms with Crippen LogP contribution in [0.4, 0.5) is 4.39 Å². The summed E-state index contributed by atoms with van der Waals surface area (Å²) in [6.07, 6.45) is 0.787. The van der Waals surface area contributed by atoms with Gasteiger partial charge < -0.3 is 15.2 Å². The molecule has 1 atom stereocenters. The first kappa shape index (κ1) is 16.7. The van der Waals surface area contributed by atoms with Crippen molar-refractivity contribution in [2.45, 2.75) is 19.4 Å². The Morgan fingerprint density at radius 3 is 2.79 bits per heavy atom. The van der Waals surface area contributed by atoms with E-state index in [0.29, 0.717) is 30.3 Å². The molecule has 1 unspecified atom stereocenters. The minimum Gasteiger partial charge on any atom is -0.394 e. The van der Waals surface area contributed by atoms with Gasteiger partial charge in [-0.3, -0.25) is 0 Å². The highest BCUT2D eigenvalue weighted by molar-refractivity contribution is 6.36. The standard InChI is InChI=1S/C13H18Cl2FNO2/c1-9(17-5-2-7-19-8-6-18)12-10(14)3-4-11(16)13(12)15/h3-4,9,17-18H,2,5-8H2,1H3. The second-order valence-corrected chi connectivity index (χ2v) is 4.91. The van der Waals surface area contributed by atoms with Gasteiger partial charge in [0.15, 0.2) is 0 Å². The number of benzene rings is 1. The van der Waals surface area contributed by atoms with Crippen LogP contribution in [-0.2, 0) is 4.74 Å². The Morgan fingerprint density at radius 1 is 1.37 bits per heavy atom. The summed E-state index contributed by atoms with van der Waals surface area (Å²) in [6.45, 7) is 3.50. The zero-order chi connectivity index (χ0) is 14.3. The second-order valence-electron chi connectivity index (χ2n) is 4.12. The van der Waals surface area contributed by atoms with Gasteiger partial charge in [0, 0.05) is 23.2 Å². The maximum Gasteiger partial charge on any atom is 0.142 e. The summed E-state index contributed by atoms with van der Waals surface area (Å²) >= 11 is 12.0. The van der Waals surface area contributed by atoms with E-state index in [1.165, 1.54) is 12.1 Å². The van der Waals surface area contributed by atoms with Gasteiger partial charge in [-0.1, -0.05) is 23.2 Å². The van der Waals surface area contributed by atoms with Crippen LogP contribution in [-0.4, -0.2) is 31.5 Å². The van der Waals surface area contributed by atoms with Gasteiger partial charge in [-0.15, -0.1) is 0 Å². The van der Waals surface area contributed by atoms with Crippen molar-refractivity contribution in [3.8, 4) is 0 Å². The minimum absolute atomic E-state index is 0.0261. The van der Waals surface area contributed by atoms with Crippen molar-refractivity contribution >= 4 is 23.2 Å². The van der Waals surface area contributed by atoms with Crippen molar-refractivity contribution in [1.82, 2.24) is 5.32 Å². The average molecular weight is 310 g/mol. The highest BCUT2D eigenvalue weighted by atomic mass is 35.5. The van der Waals surface area contributed by atoms with Gasteiger partial charge in [-0.05, 0) is 32.0 Å². The molecule has 0 aliphatic heterocycles. The van der Waals surface area contributed by atoms with E-state index in [4.69, 9.17) is 33.0 Å². The van der Waals surface area contributed by atoms with Gasteiger partial charge in [0.05, 0.1) is 18.2 Å². The number of ether oxygens (including phenoxy) is 1. The summed E-state index contributed by atoms with van der Waals surface area (Å²) in [5.41, 5.74) is 0.569. The molecule has 0 spiro atoms. The third-order valence-corrected chi connectivity index (χ3v) is 3.38. The molecular weight excluding hydrogens is 292 g/mol. The summed E-state index contributed by atoms with van der Waals surface area (Å²) in [6, 6.07) is 2.61. The fourth-order valence-electron chi connectivity index (χ4n) is 1.70. The van der Waals surface area contributed by atoms with E-state index < -0.39 is 5.82 Å². The van der Waals surface area contributed by atoms with Gasteiger partial charge in [-0.25, -0.2) is 4.39 Å². The van der Waals surface area contributed by atoms with E-state index in [0.717, 1.165) is 6.42 Å². The highest BCUT2D eigenvalue weighted by Gasteiger charge is 2.16. The van der Waals surface area contributed by atoms with Gasteiger partial charge in [0.2, 0.25) is 0 Å². The maximum atomic E-state index is 13.4. The van der Waals surface area contributed by atoms with Crippen LogP contribution in [0.1, 0.15) is 24.9 Å². The van der Waals surface area contributed by atoms with Crippen LogP contribution in [0.25, 0.3) is 0 Å². The van der Waals surface area contributed by atoms with Crippen LogP contribution in [0.2, 0.25) is 10.0 Å². The average Bonchev–Trinajstić information content (AvgIpc) is 2.38. The van der Waals surface area contributed by atoms with E-state index in [1.54, 1.807) is 0 Å². The Hall–Kier alpha value is -0.390. The molecule has 0 saturated carbocycles. The third kappa shape index (κ3) is 5.24. The van der Waals surface area contributed by atoms with E-state index in [2.05, 4.69) is 5.32 Å². The van der Waals surface area contributed by atoms with Gasteiger partial charge in [-0.2, -0.15) is 0 Å². The first-order valence-corrected chi connectivity index (χ1v) is 6.89. The van der Waals surface area contributed by atoms with Crippen molar-refractivity contribution in [2.75, 3.05) is 26.4 Å². The molecule has 1 aromatic carbocycles. The lowest BCUT2D eigenvalue weighted by Crippen LogP contribution is -2.22.